The molecule has 7 nitrogen and oxygen atoms in total. The highest BCUT2D eigenvalue weighted by molar-refractivity contribution is 7.09. The molecule has 27 heavy (non-hydrogen) atoms. The third kappa shape index (κ3) is 4.32. The van der Waals surface area contributed by atoms with E-state index in [-0.39, 0.29) is 24.2 Å². The van der Waals surface area contributed by atoms with Gasteiger partial charge in [0.25, 0.3) is 0 Å². The van der Waals surface area contributed by atoms with Gasteiger partial charge in [-0.15, -0.1) is 11.3 Å². The summed E-state index contributed by atoms with van der Waals surface area (Å²) in [5.74, 6) is 0.739. The van der Waals surface area contributed by atoms with E-state index in [1.807, 2.05) is 22.4 Å². The van der Waals surface area contributed by atoms with Crippen molar-refractivity contribution < 1.29 is 9.53 Å². The van der Waals surface area contributed by atoms with Crippen LogP contribution in [-0.4, -0.2) is 44.4 Å². The molecular formula is C19H26N4O3S. The number of aryl methyl sites for hydroxylation is 1. The first-order valence-electron chi connectivity index (χ1n) is 9.79. The number of rotatable bonds is 6. The third-order valence-corrected chi connectivity index (χ3v) is 6.16. The maximum Gasteiger partial charge on any atom is 0.346 e. The quantitative estimate of drug-likeness (QED) is 0.757. The van der Waals surface area contributed by atoms with Crippen molar-refractivity contribution in [3.63, 3.8) is 0 Å². The van der Waals surface area contributed by atoms with Gasteiger partial charge in [-0.1, -0.05) is 12.5 Å². The van der Waals surface area contributed by atoms with Gasteiger partial charge in [0, 0.05) is 31.0 Å². The Hall–Kier alpha value is -1.93. The largest absolute Gasteiger partial charge is 0.376 e. The summed E-state index contributed by atoms with van der Waals surface area (Å²) in [6.07, 6.45) is 6.09. The minimum absolute atomic E-state index is 0.00305. The fraction of sp³-hybridized carbons (Fsp3) is 0.632. The lowest BCUT2D eigenvalue weighted by Gasteiger charge is -2.25. The number of carbonyl (C=O) groups is 1. The number of carbonyl (C=O) groups excluding carboxylic acids is 1. The second kappa shape index (κ2) is 8.39. The van der Waals surface area contributed by atoms with Gasteiger partial charge in [0.2, 0.25) is 5.91 Å². The average molecular weight is 391 g/mol. The molecule has 1 fully saturated rings. The van der Waals surface area contributed by atoms with Crippen LogP contribution in [0.4, 0.5) is 0 Å². The standard InChI is InChI=1S/C19H26N4O3S/c24-18(14-23-19(25)22-9-3-1-2-8-17(22)20-23)21(12-15-6-4-10-26-15)13-16-7-5-11-27-16/h5,7,11,15H,1-4,6,8-10,12-14H2. The molecule has 2 aromatic rings. The molecule has 0 N–H and O–H groups in total. The highest BCUT2D eigenvalue weighted by Crippen LogP contribution is 2.18. The molecule has 0 saturated carbocycles. The third-order valence-electron chi connectivity index (χ3n) is 5.29. The lowest BCUT2D eigenvalue weighted by Crippen LogP contribution is -2.40. The lowest BCUT2D eigenvalue weighted by atomic mass is 10.2. The van der Waals surface area contributed by atoms with Gasteiger partial charge in [0.05, 0.1) is 12.6 Å². The van der Waals surface area contributed by atoms with Gasteiger partial charge in [-0.2, -0.15) is 5.10 Å². The molecule has 2 aliphatic rings. The molecule has 0 radical (unpaired) electrons. The predicted octanol–water partition coefficient (Wildman–Crippen LogP) is 2.04. The maximum absolute atomic E-state index is 13.0. The van der Waals surface area contributed by atoms with Crippen molar-refractivity contribution >= 4 is 17.2 Å². The second-order valence-corrected chi connectivity index (χ2v) is 8.34. The van der Waals surface area contributed by atoms with Crippen molar-refractivity contribution in [3.8, 4) is 0 Å². The van der Waals surface area contributed by atoms with Crippen molar-refractivity contribution in [1.82, 2.24) is 19.2 Å². The summed E-state index contributed by atoms with van der Waals surface area (Å²) < 4.78 is 8.82. The van der Waals surface area contributed by atoms with E-state index in [1.165, 1.54) is 4.68 Å². The Morgan fingerprint density at radius 2 is 2.26 bits per heavy atom. The Bertz CT molecular complexity index is 821. The molecule has 1 unspecified atom stereocenters. The maximum atomic E-state index is 13.0. The Kier molecular flexibility index (Phi) is 5.73. The fourth-order valence-corrected chi connectivity index (χ4v) is 4.56. The summed E-state index contributed by atoms with van der Waals surface area (Å²) in [5, 5.41) is 6.47. The highest BCUT2D eigenvalue weighted by Gasteiger charge is 2.25. The second-order valence-electron chi connectivity index (χ2n) is 7.31. The van der Waals surface area contributed by atoms with Crippen LogP contribution in [0.25, 0.3) is 0 Å². The molecular weight excluding hydrogens is 364 g/mol. The Balaban J connectivity index is 1.50. The SMILES string of the molecule is O=C(Cn1nc2n(c1=O)CCCCC2)N(Cc1cccs1)CC1CCCO1. The number of ether oxygens (including phenoxy) is 1. The van der Waals surface area contributed by atoms with E-state index in [9.17, 15) is 9.59 Å². The first-order valence-corrected chi connectivity index (χ1v) is 10.7. The van der Waals surface area contributed by atoms with Crippen LogP contribution < -0.4 is 5.69 Å². The van der Waals surface area contributed by atoms with Crippen molar-refractivity contribution in [2.24, 2.45) is 0 Å². The van der Waals surface area contributed by atoms with Gasteiger partial charge in [0.15, 0.2) is 0 Å². The normalized spacial score (nSPS) is 19.6. The summed E-state index contributed by atoms with van der Waals surface area (Å²) in [5.41, 5.74) is -0.159. The molecule has 0 aromatic carbocycles. The van der Waals surface area contributed by atoms with Crippen molar-refractivity contribution in [3.05, 3.63) is 38.7 Å². The predicted molar refractivity (Wildman–Crippen MR) is 103 cm³/mol. The van der Waals surface area contributed by atoms with Gasteiger partial charge in [-0.3, -0.25) is 9.36 Å². The molecule has 0 aliphatic carbocycles. The first kappa shape index (κ1) is 18.4. The number of nitrogens with zero attached hydrogens (tertiary/aromatic N) is 4. The number of aromatic nitrogens is 3. The average Bonchev–Trinajstić information content (AvgIpc) is 3.37. The van der Waals surface area contributed by atoms with E-state index >= 15 is 0 Å². The van der Waals surface area contributed by atoms with E-state index in [0.717, 1.165) is 55.8 Å². The van der Waals surface area contributed by atoms with E-state index in [4.69, 9.17) is 4.74 Å². The van der Waals surface area contributed by atoms with Crippen LogP contribution >= 0.6 is 11.3 Å². The number of hydrogen-bond donors (Lipinski definition) is 0. The zero-order chi connectivity index (χ0) is 18.6. The minimum atomic E-state index is -0.159. The molecule has 4 heterocycles. The number of thiophene rings is 1. The molecule has 146 valence electrons. The van der Waals surface area contributed by atoms with Gasteiger partial charge in [-0.25, -0.2) is 9.48 Å². The molecule has 1 saturated heterocycles. The van der Waals surface area contributed by atoms with Gasteiger partial charge < -0.3 is 9.64 Å². The van der Waals surface area contributed by atoms with Gasteiger partial charge >= 0.3 is 5.69 Å². The lowest BCUT2D eigenvalue weighted by molar-refractivity contribution is -0.134. The van der Waals surface area contributed by atoms with Crippen LogP contribution in [0.1, 0.15) is 42.8 Å². The van der Waals surface area contributed by atoms with E-state index in [0.29, 0.717) is 19.6 Å². The molecule has 0 bridgehead atoms. The Morgan fingerprint density at radius 3 is 3.04 bits per heavy atom. The number of hydrogen-bond acceptors (Lipinski definition) is 5. The Morgan fingerprint density at radius 1 is 1.33 bits per heavy atom. The van der Waals surface area contributed by atoms with Crippen LogP contribution in [0.5, 0.6) is 0 Å². The zero-order valence-electron chi connectivity index (χ0n) is 15.5. The number of fused-ring (bicyclic) bond motifs is 1. The van der Waals surface area contributed by atoms with Gasteiger partial charge in [0.1, 0.15) is 12.4 Å². The topological polar surface area (TPSA) is 69.4 Å². The van der Waals surface area contributed by atoms with E-state index in [2.05, 4.69) is 5.10 Å². The molecule has 2 aromatic heterocycles. The summed E-state index contributed by atoms with van der Waals surface area (Å²) >= 11 is 1.64. The van der Waals surface area contributed by atoms with Crippen LogP contribution in [0.3, 0.4) is 0 Å². The molecule has 8 heteroatoms. The summed E-state index contributed by atoms with van der Waals surface area (Å²) in [6.45, 7) is 2.59. The first-order chi connectivity index (χ1) is 13.2. The summed E-state index contributed by atoms with van der Waals surface area (Å²) in [6, 6.07) is 4.02. The monoisotopic (exact) mass is 390 g/mol. The van der Waals surface area contributed by atoms with Crippen molar-refractivity contribution in [2.75, 3.05) is 13.2 Å². The zero-order valence-corrected chi connectivity index (χ0v) is 16.3. The molecule has 1 atom stereocenters. The van der Waals surface area contributed by atoms with Crippen LogP contribution in [0.2, 0.25) is 0 Å². The highest BCUT2D eigenvalue weighted by atomic mass is 32.1. The molecule has 1 amide bonds. The smallest absolute Gasteiger partial charge is 0.346 e. The van der Waals surface area contributed by atoms with E-state index < -0.39 is 0 Å². The van der Waals surface area contributed by atoms with E-state index in [1.54, 1.807) is 15.9 Å². The van der Waals surface area contributed by atoms with Crippen LogP contribution in [0.15, 0.2) is 22.3 Å². The molecule has 4 rings (SSSR count). The molecule has 0 spiro atoms. The van der Waals surface area contributed by atoms with Crippen molar-refractivity contribution in [2.45, 2.75) is 64.3 Å². The number of amides is 1. The summed E-state index contributed by atoms with van der Waals surface area (Å²) in [7, 11) is 0. The van der Waals surface area contributed by atoms with Crippen LogP contribution in [0, 0.1) is 0 Å². The summed E-state index contributed by atoms with van der Waals surface area (Å²) in [4.78, 5) is 28.6. The van der Waals surface area contributed by atoms with Crippen LogP contribution in [-0.2, 0) is 35.6 Å². The Labute approximate surface area is 162 Å². The van der Waals surface area contributed by atoms with Gasteiger partial charge in [-0.05, 0) is 37.1 Å². The van der Waals surface area contributed by atoms with Crippen molar-refractivity contribution in [1.29, 1.82) is 0 Å². The fourth-order valence-electron chi connectivity index (χ4n) is 3.84. The molecule has 2 aliphatic heterocycles. The minimum Gasteiger partial charge on any atom is -0.376 e.